The van der Waals surface area contributed by atoms with Crippen molar-refractivity contribution in [3.63, 3.8) is 0 Å². The van der Waals surface area contributed by atoms with Crippen LogP contribution in [-0.2, 0) is 11.2 Å². The molecular weight excluding hydrogens is 374 g/mol. The molecule has 0 radical (unpaired) electrons. The summed E-state index contributed by atoms with van der Waals surface area (Å²) in [4.78, 5) is 17.1. The Bertz CT molecular complexity index is 915. The maximum absolute atomic E-state index is 12.5. The lowest BCUT2D eigenvalue weighted by Crippen LogP contribution is -2.32. The molecule has 146 valence electrons. The van der Waals surface area contributed by atoms with Gasteiger partial charge in [0, 0.05) is 23.4 Å². The van der Waals surface area contributed by atoms with Gasteiger partial charge in [-0.25, -0.2) is 0 Å². The van der Waals surface area contributed by atoms with Gasteiger partial charge in [-0.05, 0) is 35.2 Å². The van der Waals surface area contributed by atoms with Crippen LogP contribution in [0.2, 0.25) is 5.02 Å². The van der Waals surface area contributed by atoms with Gasteiger partial charge in [-0.15, -0.1) is 0 Å². The highest BCUT2D eigenvalue weighted by atomic mass is 35.5. The maximum Gasteiger partial charge on any atom is 0.249 e. The van der Waals surface area contributed by atoms with Gasteiger partial charge in [0.15, 0.2) is 0 Å². The van der Waals surface area contributed by atoms with E-state index in [1.165, 1.54) is 0 Å². The molecule has 6 heteroatoms. The van der Waals surface area contributed by atoms with Crippen molar-refractivity contribution >= 4 is 17.5 Å². The van der Waals surface area contributed by atoms with Gasteiger partial charge >= 0.3 is 0 Å². The molecule has 0 aliphatic carbocycles. The van der Waals surface area contributed by atoms with Gasteiger partial charge in [0.1, 0.15) is 6.04 Å². The average Bonchev–Trinajstić information content (AvgIpc) is 3.11. The molecule has 0 saturated heterocycles. The van der Waals surface area contributed by atoms with Crippen LogP contribution in [0.1, 0.15) is 44.7 Å². The highest BCUT2D eigenvalue weighted by Gasteiger charge is 2.24. The summed E-state index contributed by atoms with van der Waals surface area (Å²) >= 11 is 5.94. The first-order valence-electron chi connectivity index (χ1n) is 9.23. The number of hydrogen-bond acceptors (Lipinski definition) is 4. The van der Waals surface area contributed by atoms with Gasteiger partial charge in [0.25, 0.3) is 0 Å². The van der Waals surface area contributed by atoms with Gasteiger partial charge in [-0.3, -0.25) is 4.79 Å². The van der Waals surface area contributed by atoms with Crippen molar-refractivity contribution in [3.05, 3.63) is 71.1 Å². The van der Waals surface area contributed by atoms with Crippen molar-refractivity contribution in [2.24, 2.45) is 5.41 Å². The van der Waals surface area contributed by atoms with Crippen molar-refractivity contribution in [2.75, 3.05) is 0 Å². The highest BCUT2D eigenvalue weighted by molar-refractivity contribution is 6.30. The minimum Gasteiger partial charge on any atom is -0.344 e. The summed E-state index contributed by atoms with van der Waals surface area (Å²) in [5.41, 5.74) is 1.78. The summed E-state index contributed by atoms with van der Waals surface area (Å²) in [6, 6.07) is 16.8. The Labute approximate surface area is 170 Å². The Kier molecular flexibility index (Phi) is 6.15. The first-order valence-corrected chi connectivity index (χ1v) is 9.61. The number of nitrogens with zero attached hydrogens (tertiary/aromatic N) is 2. The van der Waals surface area contributed by atoms with Gasteiger partial charge in [-0.2, -0.15) is 4.98 Å². The molecule has 1 N–H and O–H groups in total. The highest BCUT2D eigenvalue weighted by Crippen LogP contribution is 2.24. The summed E-state index contributed by atoms with van der Waals surface area (Å²) in [6.45, 7) is 6.10. The lowest BCUT2D eigenvalue weighted by atomic mass is 9.91. The van der Waals surface area contributed by atoms with Gasteiger partial charge < -0.3 is 9.84 Å². The predicted octanol–water partition coefficient (Wildman–Crippen LogP) is 5.23. The van der Waals surface area contributed by atoms with Crippen molar-refractivity contribution in [1.29, 1.82) is 0 Å². The largest absolute Gasteiger partial charge is 0.344 e. The van der Waals surface area contributed by atoms with Crippen LogP contribution >= 0.6 is 11.6 Å². The van der Waals surface area contributed by atoms with E-state index >= 15 is 0 Å². The third kappa shape index (κ3) is 5.67. The van der Waals surface area contributed by atoms with Crippen molar-refractivity contribution in [1.82, 2.24) is 15.5 Å². The maximum atomic E-state index is 12.5. The normalized spacial score (nSPS) is 12.6. The Balaban J connectivity index is 1.83. The first-order chi connectivity index (χ1) is 13.3. The van der Waals surface area contributed by atoms with Gasteiger partial charge in [0.05, 0.1) is 0 Å². The lowest BCUT2D eigenvalue weighted by molar-refractivity contribution is -0.123. The van der Waals surface area contributed by atoms with Crippen LogP contribution in [0.25, 0.3) is 11.4 Å². The monoisotopic (exact) mass is 397 g/mol. The number of halogens is 1. The quantitative estimate of drug-likeness (QED) is 0.618. The van der Waals surface area contributed by atoms with E-state index in [0.717, 1.165) is 11.1 Å². The molecule has 1 atom stereocenters. The van der Waals surface area contributed by atoms with Crippen LogP contribution in [0, 0.1) is 5.41 Å². The van der Waals surface area contributed by atoms with E-state index in [2.05, 4.69) is 15.5 Å². The summed E-state index contributed by atoms with van der Waals surface area (Å²) in [5.74, 6) is 0.811. The molecule has 0 aliphatic heterocycles. The van der Waals surface area contributed by atoms with E-state index in [0.29, 0.717) is 29.6 Å². The number of carbonyl (C=O) groups excluding carboxylic acids is 1. The second kappa shape index (κ2) is 8.57. The van der Waals surface area contributed by atoms with Crippen molar-refractivity contribution in [2.45, 2.75) is 39.7 Å². The number of nitrogens with one attached hydrogen (secondary N) is 1. The van der Waals surface area contributed by atoms with E-state index in [9.17, 15) is 4.79 Å². The number of amides is 1. The molecular formula is C22H24ClN3O2. The number of benzene rings is 2. The average molecular weight is 398 g/mol. The van der Waals surface area contributed by atoms with Crippen LogP contribution in [0.5, 0.6) is 0 Å². The number of hydrogen-bond donors (Lipinski definition) is 1. The molecule has 3 rings (SSSR count). The van der Waals surface area contributed by atoms with E-state index in [1.54, 1.807) is 12.1 Å². The van der Waals surface area contributed by atoms with E-state index in [4.69, 9.17) is 16.1 Å². The molecule has 0 aliphatic rings. The number of aromatic nitrogens is 2. The molecule has 5 nitrogen and oxygen atoms in total. The van der Waals surface area contributed by atoms with Crippen LogP contribution in [0.4, 0.5) is 0 Å². The fraction of sp³-hybridized carbons (Fsp3) is 0.318. The molecule has 3 aromatic rings. The van der Waals surface area contributed by atoms with Gasteiger partial charge in [0.2, 0.25) is 17.6 Å². The summed E-state index contributed by atoms with van der Waals surface area (Å²) in [7, 11) is 0. The molecule has 0 saturated carbocycles. The summed E-state index contributed by atoms with van der Waals surface area (Å²) < 4.78 is 5.51. The molecule has 1 aromatic heterocycles. The Morgan fingerprint density at radius 3 is 2.43 bits per heavy atom. The fourth-order valence-electron chi connectivity index (χ4n) is 2.87. The minimum atomic E-state index is -0.397. The zero-order valence-corrected chi connectivity index (χ0v) is 17.0. The van der Waals surface area contributed by atoms with Gasteiger partial charge in [-0.1, -0.05) is 67.9 Å². The number of carbonyl (C=O) groups is 1. The molecule has 1 amide bonds. The van der Waals surface area contributed by atoms with E-state index < -0.39 is 6.04 Å². The van der Waals surface area contributed by atoms with Crippen LogP contribution in [0.3, 0.4) is 0 Å². The minimum absolute atomic E-state index is 0.0420. The van der Waals surface area contributed by atoms with Crippen molar-refractivity contribution in [3.8, 4) is 11.4 Å². The zero-order chi connectivity index (χ0) is 20.1. The molecule has 1 unspecified atom stereocenters. The fourth-order valence-corrected chi connectivity index (χ4v) is 3.00. The SMILES string of the molecule is CC(C)(C)CC(=O)NC(Cc1ccccc1)c1nc(-c2ccc(Cl)cc2)no1. The molecule has 0 spiro atoms. The zero-order valence-electron chi connectivity index (χ0n) is 16.3. The second-order valence-corrected chi connectivity index (χ2v) is 8.45. The Morgan fingerprint density at radius 2 is 1.79 bits per heavy atom. The van der Waals surface area contributed by atoms with Crippen LogP contribution in [0.15, 0.2) is 59.1 Å². The standard InChI is InChI=1S/C22H24ClN3O2/c1-22(2,3)14-19(27)24-18(13-15-7-5-4-6-8-15)21-25-20(26-28-21)16-9-11-17(23)12-10-16/h4-12,18H,13-14H2,1-3H3,(H,24,27). The summed E-state index contributed by atoms with van der Waals surface area (Å²) in [5, 5.41) is 7.78. The predicted molar refractivity (Wildman–Crippen MR) is 110 cm³/mol. The Morgan fingerprint density at radius 1 is 1.11 bits per heavy atom. The van der Waals surface area contributed by atoms with E-state index in [1.807, 2.05) is 63.2 Å². The first kappa shape index (κ1) is 20.1. The number of rotatable bonds is 6. The summed E-state index contributed by atoms with van der Waals surface area (Å²) in [6.07, 6.45) is 0.982. The molecule has 1 heterocycles. The Hall–Kier alpha value is -2.66. The smallest absolute Gasteiger partial charge is 0.249 e. The topological polar surface area (TPSA) is 68.0 Å². The van der Waals surface area contributed by atoms with E-state index in [-0.39, 0.29) is 11.3 Å². The van der Waals surface area contributed by atoms with Crippen LogP contribution in [-0.4, -0.2) is 16.0 Å². The molecule has 2 aromatic carbocycles. The van der Waals surface area contributed by atoms with Crippen molar-refractivity contribution < 1.29 is 9.32 Å². The molecule has 0 bridgehead atoms. The molecule has 28 heavy (non-hydrogen) atoms. The third-order valence-corrected chi connectivity index (χ3v) is 4.40. The van der Waals surface area contributed by atoms with Crippen LogP contribution < -0.4 is 5.32 Å². The molecule has 0 fully saturated rings. The second-order valence-electron chi connectivity index (χ2n) is 8.01. The third-order valence-electron chi connectivity index (χ3n) is 4.15. The lowest BCUT2D eigenvalue weighted by Gasteiger charge is -2.20.